The summed E-state index contributed by atoms with van der Waals surface area (Å²) in [4.78, 5) is 14.9. The Bertz CT molecular complexity index is 842. The van der Waals surface area contributed by atoms with Gasteiger partial charge >= 0.3 is 0 Å². The normalized spacial score (nSPS) is 17.0. The van der Waals surface area contributed by atoms with Gasteiger partial charge in [0.2, 0.25) is 5.91 Å². The van der Waals surface area contributed by atoms with Crippen LogP contribution in [0.4, 0.5) is 0 Å². The molecular weight excluding hydrogens is 310 g/mol. The molecule has 0 saturated carbocycles. The van der Waals surface area contributed by atoms with E-state index in [1.807, 2.05) is 64.3 Å². The second-order valence-corrected chi connectivity index (χ2v) is 6.46. The summed E-state index contributed by atoms with van der Waals surface area (Å²) in [6.07, 6.45) is 6.24. The third-order valence-electron chi connectivity index (χ3n) is 4.77. The number of carbonyl (C=O) groups is 1. The number of amides is 1. The number of likely N-dealkylation sites (tertiary alicyclic amines) is 1. The van der Waals surface area contributed by atoms with Gasteiger partial charge < -0.3 is 4.90 Å². The maximum Gasteiger partial charge on any atom is 0.227 e. The van der Waals surface area contributed by atoms with Crippen LogP contribution < -0.4 is 0 Å². The van der Waals surface area contributed by atoms with Crippen molar-refractivity contribution < 1.29 is 4.79 Å². The number of nitrogens with zero attached hydrogens (tertiary/aromatic N) is 3. The molecule has 4 heteroatoms. The first-order valence-electron chi connectivity index (χ1n) is 8.74. The van der Waals surface area contributed by atoms with Crippen LogP contribution in [-0.4, -0.2) is 27.1 Å². The molecule has 2 heterocycles. The first-order chi connectivity index (χ1) is 12.3. The van der Waals surface area contributed by atoms with Crippen LogP contribution in [0.15, 0.2) is 73.1 Å². The zero-order valence-corrected chi connectivity index (χ0v) is 14.1. The van der Waals surface area contributed by atoms with Crippen molar-refractivity contribution in [1.29, 1.82) is 0 Å². The van der Waals surface area contributed by atoms with Crippen molar-refractivity contribution in [3.05, 3.63) is 84.2 Å². The minimum atomic E-state index is 0.180. The molecule has 25 heavy (non-hydrogen) atoms. The van der Waals surface area contributed by atoms with Crippen LogP contribution in [0.3, 0.4) is 0 Å². The van der Waals surface area contributed by atoms with E-state index in [0.717, 1.165) is 30.6 Å². The van der Waals surface area contributed by atoms with Gasteiger partial charge in [0, 0.05) is 12.7 Å². The zero-order chi connectivity index (χ0) is 17.1. The first kappa shape index (κ1) is 15.6. The fourth-order valence-electron chi connectivity index (χ4n) is 3.54. The van der Waals surface area contributed by atoms with E-state index in [9.17, 15) is 4.79 Å². The van der Waals surface area contributed by atoms with E-state index in [0.29, 0.717) is 6.42 Å². The Morgan fingerprint density at radius 3 is 2.52 bits per heavy atom. The predicted octanol–water partition coefficient (Wildman–Crippen LogP) is 3.78. The molecule has 126 valence electrons. The van der Waals surface area contributed by atoms with E-state index in [4.69, 9.17) is 0 Å². The predicted molar refractivity (Wildman–Crippen MR) is 97.4 cm³/mol. The molecule has 1 aliphatic heterocycles. The van der Waals surface area contributed by atoms with Crippen molar-refractivity contribution in [2.75, 3.05) is 6.54 Å². The van der Waals surface area contributed by atoms with Crippen molar-refractivity contribution >= 4 is 5.91 Å². The fraction of sp³-hybridized carbons (Fsp3) is 0.238. The van der Waals surface area contributed by atoms with Gasteiger partial charge in [-0.15, -0.1) is 0 Å². The van der Waals surface area contributed by atoms with Crippen molar-refractivity contribution in [3.63, 3.8) is 0 Å². The van der Waals surface area contributed by atoms with Crippen LogP contribution in [-0.2, 0) is 11.2 Å². The highest BCUT2D eigenvalue weighted by atomic mass is 16.2. The topological polar surface area (TPSA) is 38.1 Å². The Kier molecular flexibility index (Phi) is 4.34. The minimum Gasteiger partial charge on any atom is -0.335 e. The Hall–Kier alpha value is -2.88. The Labute approximate surface area is 147 Å². The first-order valence-corrected chi connectivity index (χ1v) is 8.74. The van der Waals surface area contributed by atoms with Gasteiger partial charge in [0.25, 0.3) is 0 Å². The van der Waals surface area contributed by atoms with E-state index in [1.165, 1.54) is 5.56 Å². The summed E-state index contributed by atoms with van der Waals surface area (Å²) < 4.78 is 1.82. The molecule has 1 unspecified atom stereocenters. The summed E-state index contributed by atoms with van der Waals surface area (Å²) in [5, 5.41) is 4.39. The Balaban J connectivity index is 1.48. The van der Waals surface area contributed by atoms with E-state index >= 15 is 0 Å². The molecule has 0 bridgehead atoms. The molecule has 3 aromatic rings. The van der Waals surface area contributed by atoms with Crippen LogP contribution in [0, 0.1) is 0 Å². The minimum absolute atomic E-state index is 0.180. The summed E-state index contributed by atoms with van der Waals surface area (Å²) in [6.45, 7) is 0.839. The monoisotopic (exact) mass is 331 g/mol. The lowest BCUT2D eigenvalue weighted by molar-refractivity contribution is -0.131. The van der Waals surface area contributed by atoms with Crippen LogP contribution in [0.5, 0.6) is 0 Å². The van der Waals surface area contributed by atoms with E-state index < -0.39 is 0 Å². The molecule has 0 radical (unpaired) electrons. The number of carbonyl (C=O) groups excluding carboxylic acids is 1. The molecule has 4 nitrogen and oxygen atoms in total. The highest BCUT2D eigenvalue weighted by Crippen LogP contribution is 2.32. The lowest BCUT2D eigenvalue weighted by Gasteiger charge is -2.25. The highest BCUT2D eigenvalue weighted by molar-refractivity contribution is 5.79. The average Bonchev–Trinajstić information content (AvgIpc) is 3.33. The summed E-state index contributed by atoms with van der Waals surface area (Å²) in [7, 11) is 0. The van der Waals surface area contributed by atoms with E-state index in [1.54, 1.807) is 6.20 Å². The standard InChI is InChI=1S/C21H21N3O/c25-21(23-13-7-12-20(23)18-8-3-1-4-9-18)14-17-15-22-24(16-17)19-10-5-2-6-11-19/h1-6,8-11,15-16,20H,7,12-14H2. The lowest BCUT2D eigenvalue weighted by Crippen LogP contribution is -2.31. The molecule has 1 aliphatic rings. The van der Waals surface area contributed by atoms with E-state index in [-0.39, 0.29) is 11.9 Å². The Morgan fingerprint density at radius 1 is 1.04 bits per heavy atom. The second-order valence-electron chi connectivity index (χ2n) is 6.46. The van der Waals surface area contributed by atoms with Gasteiger partial charge in [0.1, 0.15) is 0 Å². The van der Waals surface area contributed by atoms with Crippen LogP contribution in [0.1, 0.15) is 30.0 Å². The molecule has 1 aromatic heterocycles. The third kappa shape index (κ3) is 3.33. The number of hydrogen-bond acceptors (Lipinski definition) is 2. The smallest absolute Gasteiger partial charge is 0.227 e. The largest absolute Gasteiger partial charge is 0.335 e. The van der Waals surface area contributed by atoms with Gasteiger partial charge in [-0.25, -0.2) is 4.68 Å². The van der Waals surface area contributed by atoms with Gasteiger partial charge in [0.05, 0.1) is 24.3 Å². The zero-order valence-electron chi connectivity index (χ0n) is 14.1. The van der Waals surface area contributed by atoms with Gasteiger partial charge in [-0.1, -0.05) is 48.5 Å². The molecule has 2 aromatic carbocycles. The van der Waals surface area contributed by atoms with Crippen LogP contribution >= 0.6 is 0 Å². The summed E-state index contributed by atoms with van der Waals surface area (Å²) >= 11 is 0. The van der Waals surface area contributed by atoms with Crippen molar-refractivity contribution in [2.45, 2.75) is 25.3 Å². The molecular formula is C21H21N3O. The number of benzene rings is 2. The van der Waals surface area contributed by atoms with Gasteiger partial charge in [-0.2, -0.15) is 5.10 Å². The maximum absolute atomic E-state index is 12.8. The van der Waals surface area contributed by atoms with Crippen molar-refractivity contribution in [3.8, 4) is 5.69 Å². The van der Waals surface area contributed by atoms with Crippen molar-refractivity contribution in [1.82, 2.24) is 14.7 Å². The average molecular weight is 331 g/mol. The summed E-state index contributed by atoms with van der Waals surface area (Å²) in [5.41, 5.74) is 3.19. The molecule has 0 N–H and O–H groups in total. The van der Waals surface area contributed by atoms with Crippen molar-refractivity contribution in [2.24, 2.45) is 0 Å². The number of hydrogen-bond donors (Lipinski definition) is 0. The SMILES string of the molecule is O=C(Cc1cnn(-c2ccccc2)c1)N1CCCC1c1ccccc1. The van der Waals surface area contributed by atoms with Gasteiger partial charge in [-0.3, -0.25) is 4.79 Å². The Morgan fingerprint density at radius 2 is 1.76 bits per heavy atom. The van der Waals surface area contributed by atoms with Gasteiger partial charge in [-0.05, 0) is 36.1 Å². The number of rotatable bonds is 4. The highest BCUT2D eigenvalue weighted by Gasteiger charge is 2.29. The molecule has 1 saturated heterocycles. The van der Waals surface area contributed by atoms with Crippen LogP contribution in [0.25, 0.3) is 5.69 Å². The number of para-hydroxylation sites is 1. The second kappa shape index (κ2) is 6.93. The quantitative estimate of drug-likeness (QED) is 0.730. The number of aromatic nitrogens is 2. The van der Waals surface area contributed by atoms with Crippen LogP contribution in [0.2, 0.25) is 0 Å². The lowest BCUT2D eigenvalue weighted by atomic mass is 10.0. The summed E-state index contributed by atoms with van der Waals surface area (Å²) in [5.74, 6) is 0.180. The fourth-order valence-corrected chi connectivity index (χ4v) is 3.54. The molecule has 1 amide bonds. The third-order valence-corrected chi connectivity index (χ3v) is 4.77. The molecule has 4 rings (SSSR count). The van der Waals surface area contributed by atoms with E-state index in [2.05, 4.69) is 17.2 Å². The molecule has 0 aliphatic carbocycles. The maximum atomic E-state index is 12.8. The van der Waals surface area contributed by atoms with Gasteiger partial charge in [0.15, 0.2) is 0 Å². The molecule has 0 spiro atoms. The molecule has 1 atom stereocenters. The molecule has 1 fully saturated rings. The summed E-state index contributed by atoms with van der Waals surface area (Å²) in [6, 6.07) is 20.5.